The molecule has 0 fully saturated rings. The number of hydrogen-bond acceptors (Lipinski definition) is 3. The van der Waals surface area contributed by atoms with E-state index in [1.165, 1.54) is 6.07 Å². The number of hydrogen-bond donors (Lipinski definition) is 2. The van der Waals surface area contributed by atoms with Crippen LogP contribution in [-0.2, 0) is 10.0 Å². The lowest BCUT2D eigenvalue weighted by Crippen LogP contribution is -2.14. The molecule has 3 N–H and O–H groups in total. The molecule has 19 heavy (non-hydrogen) atoms. The second kappa shape index (κ2) is 5.11. The topological polar surface area (TPSA) is 72.2 Å². The maximum atomic E-state index is 12.2. The van der Waals surface area contributed by atoms with Gasteiger partial charge in [-0.05, 0) is 37.3 Å². The first kappa shape index (κ1) is 13.7. The molecule has 6 heteroatoms. The predicted octanol–water partition coefficient (Wildman–Crippen LogP) is 3.03. The maximum Gasteiger partial charge on any atom is 0.261 e. The predicted molar refractivity (Wildman–Crippen MR) is 77.9 cm³/mol. The molecule has 2 rings (SSSR count). The van der Waals surface area contributed by atoms with E-state index in [1.807, 2.05) is 6.92 Å². The van der Waals surface area contributed by atoms with Crippen molar-refractivity contribution in [3.8, 4) is 0 Å². The van der Waals surface area contributed by atoms with E-state index in [9.17, 15) is 8.42 Å². The first-order valence-corrected chi connectivity index (χ1v) is 7.39. The first-order valence-electron chi connectivity index (χ1n) is 5.53. The fourth-order valence-electron chi connectivity index (χ4n) is 1.54. The Morgan fingerprint density at radius 3 is 2.37 bits per heavy atom. The quantitative estimate of drug-likeness (QED) is 0.855. The molecule has 2 aromatic carbocycles. The smallest absolute Gasteiger partial charge is 0.261 e. The molecule has 0 saturated carbocycles. The molecular weight excluding hydrogens is 284 g/mol. The van der Waals surface area contributed by atoms with Crippen LogP contribution in [0.2, 0.25) is 5.02 Å². The van der Waals surface area contributed by atoms with Crippen LogP contribution in [0.25, 0.3) is 0 Å². The summed E-state index contributed by atoms with van der Waals surface area (Å²) >= 11 is 5.82. The van der Waals surface area contributed by atoms with Gasteiger partial charge < -0.3 is 5.73 Å². The van der Waals surface area contributed by atoms with Gasteiger partial charge in [-0.25, -0.2) is 8.42 Å². The van der Waals surface area contributed by atoms with Gasteiger partial charge in [0.05, 0.1) is 16.3 Å². The number of halogens is 1. The van der Waals surface area contributed by atoms with Crippen LogP contribution in [0.15, 0.2) is 47.4 Å². The Balaban J connectivity index is 2.36. The summed E-state index contributed by atoms with van der Waals surface area (Å²) in [6, 6.07) is 11.2. The Kier molecular flexibility index (Phi) is 3.68. The molecule has 0 atom stereocenters. The van der Waals surface area contributed by atoms with Crippen LogP contribution in [0, 0.1) is 6.92 Å². The van der Waals surface area contributed by atoms with Crippen molar-refractivity contribution >= 4 is 33.0 Å². The summed E-state index contributed by atoms with van der Waals surface area (Å²) in [5.41, 5.74) is 7.29. The molecule has 0 spiro atoms. The molecule has 0 aliphatic heterocycles. The molecule has 0 amide bonds. The molecule has 0 unspecified atom stereocenters. The van der Waals surface area contributed by atoms with E-state index in [0.29, 0.717) is 10.7 Å². The number of aryl methyl sites for hydroxylation is 1. The molecule has 0 aliphatic rings. The average Bonchev–Trinajstić information content (AvgIpc) is 2.34. The zero-order chi connectivity index (χ0) is 14.0. The molecule has 0 aliphatic carbocycles. The van der Waals surface area contributed by atoms with Gasteiger partial charge in [-0.3, -0.25) is 4.72 Å². The summed E-state index contributed by atoms with van der Waals surface area (Å²) in [4.78, 5) is 0.178. The Morgan fingerprint density at radius 2 is 1.74 bits per heavy atom. The highest BCUT2D eigenvalue weighted by Gasteiger charge is 2.15. The summed E-state index contributed by atoms with van der Waals surface area (Å²) in [7, 11) is -3.66. The van der Waals surface area contributed by atoms with Crippen LogP contribution in [0.1, 0.15) is 5.56 Å². The van der Waals surface area contributed by atoms with Gasteiger partial charge in [0.25, 0.3) is 10.0 Å². The molecule has 0 heterocycles. The van der Waals surface area contributed by atoms with E-state index in [0.717, 1.165) is 5.56 Å². The number of nitrogens with one attached hydrogen (secondary N) is 1. The van der Waals surface area contributed by atoms with E-state index < -0.39 is 10.0 Å². The van der Waals surface area contributed by atoms with Gasteiger partial charge in [0.1, 0.15) is 0 Å². The van der Waals surface area contributed by atoms with E-state index in [1.54, 1.807) is 36.4 Å². The molecule has 2 aromatic rings. The van der Waals surface area contributed by atoms with Gasteiger partial charge in [-0.2, -0.15) is 0 Å². The van der Waals surface area contributed by atoms with Crippen molar-refractivity contribution < 1.29 is 8.42 Å². The standard InChI is InChI=1S/C13H13ClN2O2S/c1-9-2-5-11(6-3-9)19(17,18)16-13-8-10(14)4-7-12(13)15/h2-8,16H,15H2,1H3. The lowest BCUT2D eigenvalue weighted by atomic mass is 10.2. The van der Waals surface area contributed by atoms with Crippen molar-refractivity contribution in [2.75, 3.05) is 10.5 Å². The number of benzene rings is 2. The van der Waals surface area contributed by atoms with E-state index >= 15 is 0 Å². The normalized spacial score (nSPS) is 11.3. The van der Waals surface area contributed by atoms with Crippen LogP contribution in [-0.4, -0.2) is 8.42 Å². The van der Waals surface area contributed by atoms with Gasteiger partial charge >= 0.3 is 0 Å². The van der Waals surface area contributed by atoms with Gasteiger partial charge in [0.15, 0.2) is 0 Å². The van der Waals surface area contributed by atoms with Crippen molar-refractivity contribution in [3.05, 3.63) is 53.1 Å². The maximum absolute atomic E-state index is 12.2. The van der Waals surface area contributed by atoms with Crippen molar-refractivity contribution in [2.45, 2.75) is 11.8 Å². The molecule has 0 aromatic heterocycles. The molecule has 4 nitrogen and oxygen atoms in total. The van der Waals surface area contributed by atoms with Gasteiger partial charge in [-0.1, -0.05) is 29.3 Å². The molecule has 0 bridgehead atoms. The fraction of sp³-hybridized carbons (Fsp3) is 0.0769. The van der Waals surface area contributed by atoms with Crippen LogP contribution in [0.4, 0.5) is 11.4 Å². The summed E-state index contributed by atoms with van der Waals surface area (Å²) in [6.45, 7) is 1.89. The highest BCUT2D eigenvalue weighted by Crippen LogP contribution is 2.25. The summed E-state index contributed by atoms with van der Waals surface area (Å²) < 4.78 is 26.8. The zero-order valence-corrected chi connectivity index (χ0v) is 11.8. The molecule has 0 radical (unpaired) electrons. The van der Waals surface area contributed by atoms with Crippen molar-refractivity contribution in [1.82, 2.24) is 0 Å². The summed E-state index contributed by atoms with van der Waals surface area (Å²) in [5, 5.41) is 0.413. The van der Waals surface area contributed by atoms with Gasteiger partial charge in [0.2, 0.25) is 0 Å². The number of nitrogens with two attached hydrogens (primary N) is 1. The molecular formula is C13H13ClN2O2S. The average molecular weight is 297 g/mol. The minimum Gasteiger partial charge on any atom is -0.397 e. The Hall–Kier alpha value is -1.72. The van der Waals surface area contributed by atoms with E-state index in [4.69, 9.17) is 17.3 Å². The van der Waals surface area contributed by atoms with Crippen molar-refractivity contribution in [3.63, 3.8) is 0 Å². The van der Waals surface area contributed by atoms with E-state index in [2.05, 4.69) is 4.72 Å². The largest absolute Gasteiger partial charge is 0.397 e. The Labute approximate surface area is 117 Å². The third-order valence-electron chi connectivity index (χ3n) is 2.59. The number of anilines is 2. The molecule has 100 valence electrons. The number of sulfonamides is 1. The minimum atomic E-state index is -3.66. The lowest BCUT2D eigenvalue weighted by Gasteiger charge is -2.10. The van der Waals surface area contributed by atoms with Crippen LogP contribution in [0.5, 0.6) is 0 Å². The third kappa shape index (κ3) is 3.19. The van der Waals surface area contributed by atoms with Crippen LogP contribution < -0.4 is 10.5 Å². The highest BCUT2D eigenvalue weighted by atomic mass is 35.5. The van der Waals surface area contributed by atoms with Crippen molar-refractivity contribution in [1.29, 1.82) is 0 Å². The number of rotatable bonds is 3. The SMILES string of the molecule is Cc1ccc(S(=O)(=O)Nc2cc(Cl)ccc2N)cc1. The van der Waals surface area contributed by atoms with Gasteiger partial charge in [0, 0.05) is 5.02 Å². The highest BCUT2D eigenvalue weighted by molar-refractivity contribution is 7.92. The first-order chi connectivity index (χ1) is 8.88. The zero-order valence-electron chi connectivity index (χ0n) is 10.2. The minimum absolute atomic E-state index is 0.178. The third-order valence-corrected chi connectivity index (χ3v) is 4.21. The summed E-state index contributed by atoms with van der Waals surface area (Å²) in [6.07, 6.45) is 0. The lowest BCUT2D eigenvalue weighted by molar-refractivity contribution is 0.601. The fourth-order valence-corrected chi connectivity index (χ4v) is 2.79. The second-order valence-electron chi connectivity index (χ2n) is 4.15. The van der Waals surface area contributed by atoms with Crippen LogP contribution in [0.3, 0.4) is 0 Å². The van der Waals surface area contributed by atoms with Crippen LogP contribution >= 0.6 is 11.6 Å². The Bertz CT molecular complexity index is 697. The number of nitrogen functional groups attached to an aromatic ring is 1. The van der Waals surface area contributed by atoms with Gasteiger partial charge in [-0.15, -0.1) is 0 Å². The summed E-state index contributed by atoms with van der Waals surface area (Å²) in [5.74, 6) is 0. The van der Waals surface area contributed by atoms with E-state index in [-0.39, 0.29) is 10.6 Å². The molecule has 0 saturated heterocycles. The Morgan fingerprint density at radius 1 is 1.11 bits per heavy atom. The van der Waals surface area contributed by atoms with Crippen molar-refractivity contribution in [2.24, 2.45) is 0 Å². The second-order valence-corrected chi connectivity index (χ2v) is 6.27. The monoisotopic (exact) mass is 296 g/mol.